The van der Waals surface area contributed by atoms with Crippen LogP contribution in [-0.4, -0.2) is 25.3 Å². The summed E-state index contributed by atoms with van der Waals surface area (Å²) in [4.78, 5) is 2.41. The SMILES string of the molecule is Cc1cc(OC2CC2)ccc1N1CC[C@@H](Oc2ccc([C@H](C)N)cc2)C1. The lowest BCUT2D eigenvalue weighted by Crippen LogP contribution is -2.25. The molecule has 1 saturated carbocycles. The quantitative estimate of drug-likeness (QED) is 0.846. The molecule has 0 amide bonds. The lowest BCUT2D eigenvalue weighted by Gasteiger charge is -2.22. The zero-order valence-electron chi connectivity index (χ0n) is 15.7. The van der Waals surface area contributed by atoms with Crippen molar-refractivity contribution in [2.24, 2.45) is 5.73 Å². The summed E-state index contributed by atoms with van der Waals surface area (Å²) in [5.74, 6) is 1.92. The van der Waals surface area contributed by atoms with E-state index in [1.165, 1.54) is 24.1 Å². The van der Waals surface area contributed by atoms with Gasteiger partial charge in [0.2, 0.25) is 0 Å². The minimum absolute atomic E-state index is 0.0564. The molecule has 0 unspecified atom stereocenters. The maximum absolute atomic E-state index is 6.18. The molecular weight excluding hydrogens is 324 g/mol. The molecule has 1 aliphatic heterocycles. The van der Waals surface area contributed by atoms with Gasteiger partial charge in [-0.05, 0) is 68.1 Å². The Balaban J connectivity index is 1.37. The first-order valence-corrected chi connectivity index (χ1v) is 9.63. The molecule has 4 rings (SSSR count). The molecule has 0 radical (unpaired) electrons. The molecule has 138 valence electrons. The van der Waals surface area contributed by atoms with Gasteiger partial charge in [0, 0.05) is 24.7 Å². The van der Waals surface area contributed by atoms with Crippen molar-refractivity contribution in [2.75, 3.05) is 18.0 Å². The van der Waals surface area contributed by atoms with Crippen LogP contribution in [0.15, 0.2) is 42.5 Å². The van der Waals surface area contributed by atoms with E-state index < -0.39 is 0 Å². The molecule has 2 fully saturated rings. The van der Waals surface area contributed by atoms with Crippen molar-refractivity contribution in [1.29, 1.82) is 0 Å². The summed E-state index contributed by atoms with van der Waals surface area (Å²) in [6.45, 7) is 6.09. The Hall–Kier alpha value is -2.20. The van der Waals surface area contributed by atoms with Crippen LogP contribution in [0.25, 0.3) is 0 Å². The van der Waals surface area contributed by atoms with Crippen LogP contribution in [0.3, 0.4) is 0 Å². The predicted molar refractivity (Wildman–Crippen MR) is 105 cm³/mol. The maximum Gasteiger partial charge on any atom is 0.120 e. The van der Waals surface area contributed by atoms with Crippen LogP contribution in [0.5, 0.6) is 11.5 Å². The van der Waals surface area contributed by atoms with E-state index in [0.717, 1.165) is 36.6 Å². The van der Waals surface area contributed by atoms with Crippen LogP contribution in [0, 0.1) is 6.92 Å². The van der Waals surface area contributed by atoms with E-state index >= 15 is 0 Å². The first-order valence-electron chi connectivity index (χ1n) is 9.63. The first kappa shape index (κ1) is 17.2. The van der Waals surface area contributed by atoms with Gasteiger partial charge in [0.1, 0.15) is 17.6 Å². The van der Waals surface area contributed by atoms with Crippen LogP contribution in [0.1, 0.15) is 43.4 Å². The van der Waals surface area contributed by atoms with E-state index in [0.29, 0.717) is 6.10 Å². The second-order valence-corrected chi connectivity index (χ2v) is 7.60. The smallest absolute Gasteiger partial charge is 0.120 e. The number of ether oxygens (including phenoxy) is 2. The van der Waals surface area contributed by atoms with Gasteiger partial charge in [-0.1, -0.05) is 12.1 Å². The van der Waals surface area contributed by atoms with Crippen molar-refractivity contribution in [3.63, 3.8) is 0 Å². The Bertz CT molecular complexity index is 753. The van der Waals surface area contributed by atoms with E-state index in [4.69, 9.17) is 15.2 Å². The lowest BCUT2D eigenvalue weighted by molar-refractivity contribution is 0.225. The molecular formula is C22H28N2O2. The van der Waals surface area contributed by atoms with Crippen molar-refractivity contribution in [3.8, 4) is 11.5 Å². The molecule has 4 nitrogen and oxygen atoms in total. The standard InChI is InChI=1S/C22H28N2O2/c1-15-13-20(25-19-7-8-19)9-10-22(15)24-12-11-21(14-24)26-18-5-3-17(4-6-18)16(2)23/h3-6,9-10,13,16,19,21H,7-8,11-12,14,23H2,1-2H3/t16-,21+/m0/s1. The number of hydrogen-bond donors (Lipinski definition) is 1. The van der Waals surface area contributed by atoms with Crippen molar-refractivity contribution >= 4 is 5.69 Å². The summed E-state index contributed by atoms with van der Waals surface area (Å²) in [6, 6.07) is 14.7. The summed E-state index contributed by atoms with van der Waals surface area (Å²) >= 11 is 0. The molecule has 4 heteroatoms. The molecule has 1 aliphatic carbocycles. The lowest BCUT2D eigenvalue weighted by atomic mass is 10.1. The first-order chi connectivity index (χ1) is 12.6. The Kier molecular flexibility index (Phi) is 4.77. The Labute approximate surface area is 155 Å². The summed E-state index contributed by atoms with van der Waals surface area (Å²) in [7, 11) is 0. The van der Waals surface area contributed by atoms with Gasteiger partial charge in [0.05, 0.1) is 12.6 Å². The molecule has 1 heterocycles. The highest BCUT2D eigenvalue weighted by atomic mass is 16.5. The number of nitrogens with two attached hydrogens (primary N) is 1. The second kappa shape index (κ2) is 7.20. The number of anilines is 1. The normalized spacial score (nSPS) is 20.9. The monoisotopic (exact) mass is 352 g/mol. The van der Waals surface area contributed by atoms with Gasteiger partial charge >= 0.3 is 0 Å². The molecule has 2 N–H and O–H groups in total. The van der Waals surface area contributed by atoms with Crippen LogP contribution >= 0.6 is 0 Å². The number of rotatable bonds is 6. The summed E-state index contributed by atoms with van der Waals surface area (Å²) in [5, 5.41) is 0. The largest absolute Gasteiger partial charge is 0.490 e. The average Bonchev–Trinajstić information content (AvgIpc) is 3.32. The molecule has 0 aromatic heterocycles. The van der Waals surface area contributed by atoms with Crippen molar-refractivity contribution in [1.82, 2.24) is 0 Å². The van der Waals surface area contributed by atoms with E-state index in [9.17, 15) is 0 Å². The number of aryl methyl sites for hydroxylation is 1. The molecule has 2 aromatic carbocycles. The van der Waals surface area contributed by atoms with Gasteiger partial charge in [0.15, 0.2) is 0 Å². The highest BCUT2D eigenvalue weighted by molar-refractivity contribution is 5.56. The van der Waals surface area contributed by atoms with Crippen LogP contribution < -0.4 is 20.1 Å². The molecule has 0 bridgehead atoms. The topological polar surface area (TPSA) is 47.7 Å². The average molecular weight is 352 g/mol. The van der Waals surface area contributed by atoms with Crippen molar-refractivity contribution < 1.29 is 9.47 Å². The van der Waals surface area contributed by atoms with Gasteiger partial charge in [0.25, 0.3) is 0 Å². The van der Waals surface area contributed by atoms with Crippen molar-refractivity contribution in [3.05, 3.63) is 53.6 Å². The fourth-order valence-electron chi connectivity index (χ4n) is 3.52. The zero-order chi connectivity index (χ0) is 18.1. The second-order valence-electron chi connectivity index (χ2n) is 7.60. The summed E-state index contributed by atoms with van der Waals surface area (Å²) < 4.78 is 12.1. The molecule has 2 aliphatic rings. The van der Waals surface area contributed by atoms with Gasteiger partial charge in [-0.3, -0.25) is 0 Å². The Morgan fingerprint density at radius 1 is 0.962 bits per heavy atom. The van der Waals surface area contributed by atoms with Gasteiger partial charge in [-0.25, -0.2) is 0 Å². The Morgan fingerprint density at radius 3 is 2.31 bits per heavy atom. The minimum atomic E-state index is 0.0564. The Morgan fingerprint density at radius 2 is 1.65 bits per heavy atom. The molecule has 2 aromatic rings. The third-order valence-corrected chi connectivity index (χ3v) is 5.19. The summed E-state index contributed by atoms with van der Waals surface area (Å²) in [6.07, 6.45) is 4.08. The third kappa shape index (κ3) is 3.96. The van der Waals surface area contributed by atoms with Gasteiger partial charge < -0.3 is 20.1 Å². The highest BCUT2D eigenvalue weighted by Crippen LogP contribution is 2.32. The van der Waals surface area contributed by atoms with E-state index in [1.807, 2.05) is 19.1 Å². The third-order valence-electron chi connectivity index (χ3n) is 5.19. The fraction of sp³-hybridized carbons (Fsp3) is 0.455. The van der Waals surface area contributed by atoms with Gasteiger partial charge in [-0.2, -0.15) is 0 Å². The van der Waals surface area contributed by atoms with Gasteiger partial charge in [-0.15, -0.1) is 0 Å². The van der Waals surface area contributed by atoms with E-state index in [2.05, 4.69) is 42.2 Å². The minimum Gasteiger partial charge on any atom is -0.490 e. The van der Waals surface area contributed by atoms with E-state index in [1.54, 1.807) is 0 Å². The zero-order valence-corrected chi connectivity index (χ0v) is 15.7. The van der Waals surface area contributed by atoms with Crippen molar-refractivity contribution in [2.45, 2.75) is 51.4 Å². The molecule has 1 saturated heterocycles. The van der Waals surface area contributed by atoms with Crippen LogP contribution in [-0.2, 0) is 0 Å². The number of benzene rings is 2. The number of nitrogens with zero attached hydrogens (tertiary/aromatic N) is 1. The molecule has 0 spiro atoms. The number of hydrogen-bond acceptors (Lipinski definition) is 4. The predicted octanol–water partition coefficient (Wildman–Crippen LogP) is 4.21. The van der Waals surface area contributed by atoms with Crippen LogP contribution in [0.2, 0.25) is 0 Å². The molecule has 2 atom stereocenters. The van der Waals surface area contributed by atoms with Crippen LogP contribution in [0.4, 0.5) is 5.69 Å². The highest BCUT2D eigenvalue weighted by Gasteiger charge is 2.26. The molecule has 26 heavy (non-hydrogen) atoms. The van der Waals surface area contributed by atoms with E-state index in [-0.39, 0.29) is 12.1 Å². The fourth-order valence-corrected chi connectivity index (χ4v) is 3.52. The summed E-state index contributed by atoms with van der Waals surface area (Å²) in [5.41, 5.74) is 9.59. The maximum atomic E-state index is 6.18.